The normalized spacial score (nSPS) is 27.1. The molecule has 34 heavy (non-hydrogen) atoms. The summed E-state index contributed by atoms with van der Waals surface area (Å²) < 4.78 is 0. The standard InChI is InChI=1S/C26H32N6O2/c1-16-6-10-20(11-7-16)14-30-24(33)22-23(29(5)26(30)34)27-25-31(28-18(3)19(4)32(22)25)15-21-12-8-17(2)9-13-21/h6-13,19,22-23,25,27H,14-15H2,1-5H3. The fourth-order valence-electron chi connectivity index (χ4n) is 5.07. The fourth-order valence-corrected chi connectivity index (χ4v) is 5.07. The number of hydrazone groups is 1. The highest BCUT2D eigenvalue weighted by molar-refractivity contribution is 6.01. The van der Waals surface area contributed by atoms with Crippen molar-refractivity contribution in [1.82, 2.24) is 25.0 Å². The summed E-state index contributed by atoms with van der Waals surface area (Å²) in [5.74, 6) is -0.166. The second-order valence-corrected chi connectivity index (χ2v) is 9.68. The minimum atomic E-state index is -0.487. The third-order valence-electron chi connectivity index (χ3n) is 7.24. The third-order valence-corrected chi connectivity index (χ3v) is 7.24. The van der Waals surface area contributed by atoms with E-state index < -0.39 is 12.2 Å². The number of fused-ring (bicyclic) bond motifs is 3. The van der Waals surface area contributed by atoms with Gasteiger partial charge in [0.1, 0.15) is 12.2 Å². The molecule has 2 aromatic carbocycles. The van der Waals surface area contributed by atoms with Crippen molar-refractivity contribution in [3.8, 4) is 0 Å². The second-order valence-electron chi connectivity index (χ2n) is 9.68. The molecule has 8 heteroatoms. The molecular weight excluding hydrogens is 428 g/mol. The molecule has 3 aliphatic rings. The predicted molar refractivity (Wildman–Crippen MR) is 131 cm³/mol. The van der Waals surface area contributed by atoms with Gasteiger partial charge in [-0.05, 0) is 38.8 Å². The maximum absolute atomic E-state index is 13.8. The van der Waals surface area contributed by atoms with Crippen molar-refractivity contribution in [2.75, 3.05) is 7.05 Å². The SMILES string of the molecule is CC1=NN(Cc2ccc(C)cc2)C2NC3C(C(=O)N(Cc4ccc(C)cc4)C(=O)N3C)N2C1C. The number of benzene rings is 2. The zero-order chi connectivity index (χ0) is 24.1. The van der Waals surface area contributed by atoms with E-state index in [9.17, 15) is 9.59 Å². The van der Waals surface area contributed by atoms with Gasteiger partial charge in [-0.25, -0.2) is 9.69 Å². The number of rotatable bonds is 4. The first-order chi connectivity index (χ1) is 16.2. The van der Waals surface area contributed by atoms with Crippen LogP contribution in [0.4, 0.5) is 4.79 Å². The van der Waals surface area contributed by atoms with Crippen LogP contribution < -0.4 is 5.32 Å². The summed E-state index contributed by atoms with van der Waals surface area (Å²) in [6.07, 6.45) is -0.697. The first kappa shape index (κ1) is 22.6. The van der Waals surface area contributed by atoms with Gasteiger partial charge in [0.25, 0.3) is 5.91 Å². The average Bonchev–Trinajstić information content (AvgIpc) is 3.23. The molecule has 8 nitrogen and oxygen atoms in total. The van der Waals surface area contributed by atoms with Gasteiger partial charge in [-0.1, -0.05) is 59.7 Å². The first-order valence-electron chi connectivity index (χ1n) is 11.8. The number of nitrogens with one attached hydrogen (secondary N) is 1. The predicted octanol–water partition coefficient (Wildman–Crippen LogP) is 2.86. The van der Waals surface area contributed by atoms with Crippen molar-refractivity contribution in [2.45, 2.75) is 65.3 Å². The number of carbonyl (C=O) groups is 2. The maximum atomic E-state index is 13.8. The maximum Gasteiger partial charge on any atom is 0.328 e. The number of likely N-dealkylation sites (N-methyl/N-ethyl adjacent to an activating group) is 1. The van der Waals surface area contributed by atoms with Gasteiger partial charge in [0.2, 0.25) is 0 Å². The van der Waals surface area contributed by atoms with Crippen LogP contribution in [0.2, 0.25) is 0 Å². The summed E-state index contributed by atoms with van der Waals surface area (Å²) in [5.41, 5.74) is 5.38. The highest BCUT2D eigenvalue weighted by atomic mass is 16.2. The van der Waals surface area contributed by atoms with Gasteiger partial charge in [-0.3, -0.25) is 20.0 Å². The Balaban J connectivity index is 1.44. The molecule has 178 valence electrons. The van der Waals surface area contributed by atoms with Crippen LogP contribution in [0.15, 0.2) is 53.6 Å². The van der Waals surface area contributed by atoms with E-state index in [0.717, 1.165) is 22.4 Å². The monoisotopic (exact) mass is 460 g/mol. The molecule has 0 radical (unpaired) electrons. The van der Waals surface area contributed by atoms with Crippen molar-refractivity contribution in [1.29, 1.82) is 0 Å². The minimum Gasteiger partial charge on any atom is -0.310 e. The highest BCUT2D eigenvalue weighted by Crippen LogP contribution is 2.34. The van der Waals surface area contributed by atoms with Gasteiger partial charge >= 0.3 is 6.03 Å². The van der Waals surface area contributed by atoms with Crippen LogP contribution in [-0.4, -0.2) is 68.9 Å². The van der Waals surface area contributed by atoms with E-state index in [1.165, 1.54) is 10.5 Å². The van der Waals surface area contributed by atoms with E-state index in [0.29, 0.717) is 6.54 Å². The van der Waals surface area contributed by atoms with Crippen LogP contribution in [0.5, 0.6) is 0 Å². The lowest BCUT2D eigenvalue weighted by atomic mass is 10.0. The molecule has 4 atom stereocenters. The molecule has 3 amide bonds. The van der Waals surface area contributed by atoms with Gasteiger partial charge in [0.05, 0.1) is 24.8 Å². The molecule has 3 heterocycles. The molecule has 0 saturated carbocycles. The van der Waals surface area contributed by atoms with Crippen LogP contribution >= 0.6 is 0 Å². The third kappa shape index (κ3) is 3.76. The lowest BCUT2D eigenvalue weighted by molar-refractivity contribution is -0.140. The van der Waals surface area contributed by atoms with E-state index in [1.54, 1.807) is 11.9 Å². The number of hydrogen-bond acceptors (Lipinski definition) is 6. The van der Waals surface area contributed by atoms with Gasteiger partial charge < -0.3 is 4.90 Å². The Labute approximate surface area is 200 Å². The van der Waals surface area contributed by atoms with E-state index in [1.807, 2.05) is 43.1 Å². The van der Waals surface area contributed by atoms with Crippen molar-refractivity contribution in [3.63, 3.8) is 0 Å². The molecule has 2 saturated heterocycles. The van der Waals surface area contributed by atoms with Gasteiger partial charge in [-0.2, -0.15) is 5.10 Å². The molecule has 4 unspecified atom stereocenters. The molecule has 0 aliphatic carbocycles. The Morgan fingerprint density at radius 2 is 1.44 bits per heavy atom. The van der Waals surface area contributed by atoms with Crippen LogP contribution in [0.25, 0.3) is 0 Å². The molecule has 1 N–H and O–H groups in total. The van der Waals surface area contributed by atoms with Crippen molar-refractivity contribution >= 4 is 17.6 Å². The van der Waals surface area contributed by atoms with E-state index in [2.05, 4.69) is 48.3 Å². The minimum absolute atomic E-state index is 0.0338. The van der Waals surface area contributed by atoms with Gasteiger partial charge in [-0.15, -0.1) is 0 Å². The van der Waals surface area contributed by atoms with Crippen LogP contribution in [0, 0.1) is 13.8 Å². The quantitative estimate of drug-likeness (QED) is 0.760. The fraction of sp³-hybridized carbons (Fsp3) is 0.423. The smallest absolute Gasteiger partial charge is 0.310 e. The summed E-state index contributed by atoms with van der Waals surface area (Å²) in [6.45, 7) is 9.04. The summed E-state index contributed by atoms with van der Waals surface area (Å²) in [6, 6.07) is 15.6. The zero-order valence-corrected chi connectivity index (χ0v) is 20.4. The summed E-state index contributed by atoms with van der Waals surface area (Å²) in [7, 11) is 1.77. The molecule has 0 bridgehead atoms. The van der Waals surface area contributed by atoms with Crippen molar-refractivity contribution in [3.05, 3.63) is 70.8 Å². The Morgan fingerprint density at radius 1 is 0.882 bits per heavy atom. The van der Waals surface area contributed by atoms with Crippen LogP contribution in [-0.2, 0) is 17.9 Å². The van der Waals surface area contributed by atoms with Crippen LogP contribution in [0.3, 0.4) is 0 Å². The largest absolute Gasteiger partial charge is 0.328 e. The Morgan fingerprint density at radius 3 is 2.03 bits per heavy atom. The number of urea groups is 1. The molecule has 2 fully saturated rings. The summed E-state index contributed by atoms with van der Waals surface area (Å²) in [4.78, 5) is 32.2. The van der Waals surface area contributed by atoms with E-state index in [-0.39, 0.29) is 30.8 Å². The number of nitrogens with zero attached hydrogens (tertiary/aromatic N) is 5. The summed E-state index contributed by atoms with van der Waals surface area (Å²) in [5, 5.41) is 10.4. The van der Waals surface area contributed by atoms with E-state index >= 15 is 0 Å². The zero-order valence-electron chi connectivity index (χ0n) is 20.4. The van der Waals surface area contributed by atoms with Crippen molar-refractivity contribution in [2.24, 2.45) is 5.10 Å². The van der Waals surface area contributed by atoms with E-state index in [4.69, 9.17) is 5.10 Å². The lowest BCUT2D eigenvalue weighted by Crippen LogP contribution is -2.67. The Hall–Kier alpha value is -3.23. The Kier molecular flexibility index (Phi) is 5.65. The first-order valence-corrected chi connectivity index (χ1v) is 11.8. The summed E-state index contributed by atoms with van der Waals surface area (Å²) >= 11 is 0. The Bertz CT molecular complexity index is 1130. The number of amides is 3. The topological polar surface area (TPSA) is 71.5 Å². The number of imide groups is 1. The van der Waals surface area contributed by atoms with Gasteiger partial charge in [0.15, 0.2) is 6.29 Å². The van der Waals surface area contributed by atoms with Gasteiger partial charge in [0, 0.05) is 7.05 Å². The lowest BCUT2D eigenvalue weighted by Gasteiger charge is -2.45. The number of hydrogen-bond donors (Lipinski definition) is 1. The number of carbonyl (C=O) groups excluding carboxylic acids is 2. The van der Waals surface area contributed by atoms with Crippen molar-refractivity contribution < 1.29 is 9.59 Å². The average molecular weight is 461 g/mol. The second kappa shape index (κ2) is 8.52. The molecule has 0 aromatic heterocycles. The molecule has 2 aromatic rings. The number of aryl methyl sites for hydroxylation is 2. The van der Waals surface area contributed by atoms with Crippen LogP contribution in [0.1, 0.15) is 36.1 Å². The molecular formula is C26H32N6O2. The molecule has 5 rings (SSSR count). The molecule has 3 aliphatic heterocycles. The highest BCUT2D eigenvalue weighted by Gasteiger charge is 2.57. The molecule has 0 spiro atoms.